The van der Waals surface area contributed by atoms with Crippen LogP contribution >= 0.6 is 15.9 Å². The highest BCUT2D eigenvalue weighted by Gasteiger charge is 1.88. The molecule has 72 valence electrons. The van der Waals surface area contributed by atoms with Gasteiger partial charge in [-0.1, -0.05) is 5.92 Å². The molecule has 0 bridgehead atoms. The molecule has 1 rings (SSSR count). The van der Waals surface area contributed by atoms with Crippen LogP contribution in [0.5, 0.6) is 0 Å². The SMILES string of the molecule is CC(=O)NCC#Cc1ccc(Br)cn1. The van der Waals surface area contributed by atoms with Gasteiger partial charge in [-0.2, -0.15) is 0 Å². The van der Waals surface area contributed by atoms with Crippen molar-refractivity contribution < 1.29 is 4.79 Å². The molecule has 0 saturated carbocycles. The van der Waals surface area contributed by atoms with E-state index in [-0.39, 0.29) is 5.91 Å². The van der Waals surface area contributed by atoms with Crippen molar-refractivity contribution in [2.75, 3.05) is 6.54 Å². The van der Waals surface area contributed by atoms with Crippen molar-refractivity contribution in [3.05, 3.63) is 28.5 Å². The van der Waals surface area contributed by atoms with E-state index in [0.29, 0.717) is 12.2 Å². The average Bonchev–Trinajstić information content (AvgIpc) is 2.15. The smallest absolute Gasteiger partial charge is 0.217 e. The Kier molecular flexibility index (Phi) is 4.14. The number of nitrogens with zero attached hydrogens (tertiary/aromatic N) is 1. The number of amides is 1. The van der Waals surface area contributed by atoms with E-state index >= 15 is 0 Å². The third kappa shape index (κ3) is 4.06. The Balaban J connectivity index is 2.51. The third-order valence-electron chi connectivity index (χ3n) is 1.37. The standard InChI is InChI=1S/C10H9BrN2O/c1-8(14)12-6-2-3-10-5-4-9(11)7-13-10/h4-5,7H,6H2,1H3,(H,12,14). The van der Waals surface area contributed by atoms with Crippen LogP contribution in [-0.2, 0) is 4.79 Å². The van der Waals surface area contributed by atoms with Crippen LogP contribution in [0.3, 0.4) is 0 Å². The summed E-state index contributed by atoms with van der Waals surface area (Å²) in [6.45, 7) is 1.81. The van der Waals surface area contributed by atoms with Gasteiger partial charge in [0.15, 0.2) is 0 Å². The maximum Gasteiger partial charge on any atom is 0.217 e. The van der Waals surface area contributed by atoms with Crippen molar-refractivity contribution in [2.24, 2.45) is 0 Å². The first kappa shape index (κ1) is 10.7. The minimum Gasteiger partial charge on any atom is -0.345 e. The zero-order valence-corrected chi connectivity index (χ0v) is 9.26. The van der Waals surface area contributed by atoms with Gasteiger partial charge in [0.05, 0.1) is 6.54 Å². The molecule has 1 heterocycles. The lowest BCUT2D eigenvalue weighted by Gasteiger charge is -1.92. The quantitative estimate of drug-likeness (QED) is 0.767. The minimum absolute atomic E-state index is 0.0805. The number of hydrogen-bond acceptors (Lipinski definition) is 2. The van der Waals surface area contributed by atoms with E-state index in [4.69, 9.17) is 0 Å². The van der Waals surface area contributed by atoms with Gasteiger partial charge in [-0.15, -0.1) is 0 Å². The first-order valence-corrected chi connectivity index (χ1v) is 4.82. The molecule has 0 fully saturated rings. The summed E-state index contributed by atoms with van der Waals surface area (Å²) >= 11 is 3.28. The van der Waals surface area contributed by atoms with Crippen LogP contribution in [0.25, 0.3) is 0 Å². The highest BCUT2D eigenvalue weighted by atomic mass is 79.9. The Labute approximate surface area is 91.1 Å². The number of rotatable bonds is 1. The monoisotopic (exact) mass is 252 g/mol. The third-order valence-corrected chi connectivity index (χ3v) is 1.84. The molecule has 1 amide bonds. The van der Waals surface area contributed by atoms with Gasteiger partial charge >= 0.3 is 0 Å². The van der Waals surface area contributed by atoms with Crippen LogP contribution < -0.4 is 5.32 Å². The second kappa shape index (κ2) is 5.40. The van der Waals surface area contributed by atoms with E-state index in [1.165, 1.54) is 6.92 Å². The molecule has 0 aromatic carbocycles. The summed E-state index contributed by atoms with van der Waals surface area (Å²) in [5.41, 5.74) is 0.693. The first-order chi connectivity index (χ1) is 6.68. The van der Waals surface area contributed by atoms with Crippen LogP contribution in [0.15, 0.2) is 22.8 Å². The van der Waals surface area contributed by atoms with Gasteiger partial charge in [-0.25, -0.2) is 4.98 Å². The van der Waals surface area contributed by atoms with Crippen molar-refractivity contribution in [2.45, 2.75) is 6.92 Å². The van der Waals surface area contributed by atoms with Crippen molar-refractivity contribution >= 4 is 21.8 Å². The summed E-state index contributed by atoms with van der Waals surface area (Å²) in [5.74, 6) is 5.54. The summed E-state index contributed by atoms with van der Waals surface area (Å²) in [4.78, 5) is 14.6. The Hall–Kier alpha value is -1.34. The average molecular weight is 253 g/mol. The van der Waals surface area contributed by atoms with Crippen molar-refractivity contribution in [3.8, 4) is 11.8 Å². The van der Waals surface area contributed by atoms with Crippen molar-refractivity contribution in [1.82, 2.24) is 10.3 Å². The second-order valence-corrected chi connectivity index (χ2v) is 3.49. The molecule has 14 heavy (non-hydrogen) atoms. The van der Waals surface area contributed by atoms with E-state index in [1.54, 1.807) is 6.20 Å². The van der Waals surface area contributed by atoms with Gasteiger partial charge in [-0.3, -0.25) is 4.79 Å². The fourth-order valence-electron chi connectivity index (χ4n) is 0.753. The number of halogens is 1. The minimum atomic E-state index is -0.0805. The molecule has 4 heteroatoms. The largest absolute Gasteiger partial charge is 0.345 e. The molecule has 0 aliphatic carbocycles. The molecule has 1 aromatic heterocycles. The number of nitrogens with one attached hydrogen (secondary N) is 1. The van der Waals surface area contributed by atoms with E-state index in [9.17, 15) is 4.79 Å². The fourth-order valence-corrected chi connectivity index (χ4v) is 0.988. The van der Waals surface area contributed by atoms with Crippen LogP contribution in [0.1, 0.15) is 12.6 Å². The number of carbonyl (C=O) groups excluding carboxylic acids is 1. The molecule has 0 spiro atoms. The number of hydrogen-bond donors (Lipinski definition) is 1. The molecule has 1 aromatic rings. The molecule has 0 aliphatic heterocycles. The number of carbonyl (C=O) groups is 1. The number of pyridine rings is 1. The second-order valence-electron chi connectivity index (χ2n) is 2.57. The number of aromatic nitrogens is 1. The van der Waals surface area contributed by atoms with Gasteiger partial charge in [0.2, 0.25) is 5.91 Å². The molecule has 1 N–H and O–H groups in total. The van der Waals surface area contributed by atoms with Crippen LogP contribution in [-0.4, -0.2) is 17.4 Å². The Morgan fingerprint density at radius 3 is 3.00 bits per heavy atom. The molecule has 0 radical (unpaired) electrons. The maximum absolute atomic E-state index is 10.5. The lowest BCUT2D eigenvalue weighted by atomic mass is 10.3. The zero-order chi connectivity index (χ0) is 10.4. The van der Waals surface area contributed by atoms with E-state index < -0.39 is 0 Å². The maximum atomic E-state index is 10.5. The Morgan fingerprint density at radius 2 is 2.43 bits per heavy atom. The highest BCUT2D eigenvalue weighted by Crippen LogP contribution is 2.06. The molecular weight excluding hydrogens is 244 g/mol. The summed E-state index contributed by atoms with van der Waals surface area (Å²) in [5, 5.41) is 2.58. The lowest BCUT2D eigenvalue weighted by molar-refractivity contribution is -0.118. The van der Waals surface area contributed by atoms with E-state index in [1.807, 2.05) is 12.1 Å². The lowest BCUT2D eigenvalue weighted by Crippen LogP contribution is -2.19. The molecule has 0 atom stereocenters. The van der Waals surface area contributed by atoms with Crippen LogP contribution in [0.4, 0.5) is 0 Å². The van der Waals surface area contributed by atoms with Crippen LogP contribution in [0, 0.1) is 11.8 Å². The van der Waals surface area contributed by atoms with Gasteiger partial charge in [0.25, 0.3) is 0 Å². The highest BCUT2D eigenvalue weighted by molar-refractivity contribution is 9.10. The molecular formula is C10H9BrN2O. The zero-order valence-electron chi connectivity index (χ0n) is 7.67. The molecule has 0 saturated heterocycles. The van der Waals surface area contributed by atoms with Gasteiger partial charge in [0, 0.05) is 17.6 Å². The summed E-state index contributed by atoms with van der Waals surface area (Å²) in [6, 6.07) is 3.68. The van der Waals surface area contributed by atoms with E-state index in [2.05, 4.69) is 38.1 Å². The summed E-state index contributed by atoms with van der Waals surface area (Å²) < 4.78 is 0.921. The van der Waals surface area contributed by atoms with Gasteiger partial charge in [-0.05, 0) is 34.0 Å². The normalized spacial score (nSPS) is 8.71. The van der Waals surface area contributed by atoms with Crippen LogP contribution in [0.2, 0.25) is 0 Å². The van der Waals surface area contributed by atoms with Crippen molar-refractivity contribution in [1.29, 1.82) is 0 Å². The molecule has 0 unspecified atom stereocenters. The Morgan fingerprint density at radius 1 is 1.64 bits per heavy atom. The molecule has 0 aliphatic rings. The van der Waals surface area contributed by atoms with Gasteiger partial charge < -0.3 is 5.32 Å². The van der Waals surface area contributed by atoms with Gasteiger partial charge in [0.1, 0.15) is 5.69 Å². The summed E-state index contributed by atoms with van der Waals surface area (Å²) in [6.07, 6.45) is 1.68. The fraction of sp³-hybridized carbons (Fsp3) is 0.200. The predicted octanol–water partition coefficient (Wildman–Crippen LogP) is 1.33. The predicted molar refractivity (Wildman–Crippen MR) is 57.5 cm³/mol. The Bertz CT molecular complexity index is 375. The van der Waals surface area contributed by atoms with Crippen molar-refractivity contribution in [3.63, 3.8) is 0 Å². The first-order valence-electron chi connectivity index (χ1n) is 4.03. The van der Waals surface area contributed by atoms with E-state index in [0.717, 1.165) is 4.47 Å². The summed E-state index contributed by atoms with van der Waals surface area (Å²) in [7, 11) is 0. The molecule has 3 nitrogen and oxygen atoms in total. The topological polar surface area (TPSA) is 42.0 Å².